The number of H-pyrrole nitrogens is 1. The Morgan fingerprint density at radius 2 is 2.36 bits per heavy atom. The van der Waals surface area contributed by atoms with Crippen LogP contribution in [0.3, 0.4) is 0 Å². The fourth-order valence-electron chi connectivity index (χ4n) is 3.68. The van der Waals surface area contributed by atoms with Crippen molar-refractivity contribution in [3.05, 3.63) is 16.7 Å². The minimum absolute atomic E-state index is 0.00327. The zero-order valence-electron chi connectivity index (χ0n) is 11.3. The van der Waals surface area contributed by atoms with E-state index in [2.05, 4.69) is 15.0 Å². The highest BCUT2D eigenvalue weighted by Gasteiger charge is 2.85. The van der Waals surface area contributed by atoms with Gasteiger partial charge in [-0.2, -0.15) is 4.98 Å². The van der Waals surface area contributed by atoms with Crippen LogP contribution in [0.2, 0.25) is 0 Å². The molecule has 0 aromatic carbocycles. The number of nitrogen functional groups attached to an aromatic ring is 1. The summed E-state index contributed by atoms with van der Waals surface area (Å²) < 4.78 is 6.84. The van der Waals surface area contributed by atoms with Crippen LogP contribution in [0.4, 0.5) is 5.95 Å². The number of thioether (sulfide) groups is 1. The molecule has 4 heterocycles. The predicted octanol–water partition coefficient (Wildman–Crippen LogP) is -1.42. The van der Waals surface area contributed by atoms with Gasteiger partial charge in [0.05, 0.1) is 11.1 Å². The van der Waals surface area contributed by atoms with E-state index in [9.17, 15) is 15.0 Å². The van der Waals surface area contributed by atoms with E-state index in [0.717, 1.165) is 5.75 Å². The standard InChI is InChI=1S/C12H13N5O4S/c13-10-15-7-4(8(19)16-10)14-3-17(7)9-11(1-2-22-11)12(20)5(18)6(12)21-9/h3,5-6,9,18,20H,1-2H2,(H3,13,15,16,19)/t5?,6-,9-,11+,12-/m1/s1. The van der Waals surface area contributed by atoms with Gasteiger partial charge < -0.3 is 20.7 Å². The summed E-state index contributed by atoms with van der Waals surface area (Å²) in [4.78, 5) is 22.5. The van der Waals surface area contributed by atoms with Gasteiger partial charge in [-0.05, 0) is 12.2 Å². The molecule has 5 rings (SSSR count). The third-order valence-corrected chi connectivity index (χ3v) is 6.61. The summed E-state index contributed by atoms with van der Waals surface area (Å²) in [5.41, 5.74) is 4.43. The first-order valence-corrected chi connectivity index (χ1v) is 7.90. The van der Waals surface area contributed by atoms with E-state index in [-0.39, 0.29) is 11.5 Å². The Morgan fingerprint density at radius 3 is 3.05 bits per heavy atom. The number of hydrogen-bond donors (Lipinski definition) is 4. The zero-order valence-corrected chi connectivity index (χ0v) is 12.1. The van der Waals surface area contributed by atoms with Crippen LogP contribution in [0.5, 0.6) is 0 Å². The fourth-order valence-corrected chi connectivity index (χ4v) is 5.10. The van der Waals surface area contributed by atoms with Crippen LogP contribution in [-0.4, -0.2) is 58.0 Å². The van der Waals surface area contributed by atoms with Crippen molar-refractivity contribution >= 4 is 28.9 Å². The third kappa shape index (κ3) is 1.19. The minimum atomic E-state index is -1.25. The molecule has 10 heteroatoms. The quantitative estimate of drug-likeness (QED) is 0.501. The molecule has 5 atom stereocenters. The minimum Gasteiger partial charge on any atom is -0.387 e. The SMILES string of the molecule is Nc1nc2c(ncn2[C@@H]2O[C@@H]3C(O)[C@]3(O)[C@]23CCS3)c(=O)[nH]1. The molecule has 3 aliphatic rings. The van der Waals surface area contributed by atoms with Crippen LogP contribution in [-0.2, 0) is 4.74 Å². The number of nitrogens with two attached hydrogens (primary N) is 1. The van der Waals surface area contributed by atoms with Gasteiger partial charge >= 0.3 is 0 Å². The summed E-state index contributed by atoms with van der Waals surface area (Å²) in [6, 6.07) is 0. The first-order chi connectivity index (χ1) is 10.5. The average molecular weight is 323 g/mol. The highest BCUT2D eigenvalue weighted by Crippen LogP contribution is 2.70. The van der Waals surface area contributed by atoms with Crippen molar-refractivity contribution in [1.82, 2.24) is 19.5 Å². The molecule has 0 bridgehead atoms. The molecule has 116 valence electrons. The molecule has 22 heavy (non-hydrogen) atoms. The smallest absolute Gasteiger partial charge is 0.280 e. The van der Waals surface area contributed by atoms with Crippen LogP contribution in [0.15, 0.2) is 11.1 Å². The second-order valence-corrected chi connectivity index (χ2v) is 7.37. The number of fused-ring (bicyclic) bond motifs is 3. The van der Waals surface area contributed by atoms with Crippen molar-refractivity contribution < 1.29 is 14.9 Å². The number of aromatic nitrogens is 4. The van der Waals surface area contributed by atoms with Gasteiger partial charge in [0.25, 0.3) is 5.56 Å². The van der Waals surface area contributed by atoms with Gasteiger partial charge in [0, 0.05) is 0 Å². The maximum Gasteiger partial charge on any atom is 0.280 e. The first kappa shape index (κ1) is 12.9. The van der Waals surface area contributed by atoms with Gasteiger partial charge in [0.15, 0.2) is 17.4 Å². The van der Waals surface area contributed by atoms with Crippen LogP contribution < -0.4 is 11.3 Å². The van der Waals surface area contributed by atoms with Gasteiger partial charge in [-0.3, -0.25) is 14.3 Å². The number of hydrogen-bond acceptors (Lipinski definition) is 8. The molecule has 0 radical (unpaired) electrons. The Balaban J connectivity index is 1.69. The molecule has 0 amide bonds. The van der Waals surface area contributed by atoms with Crippen LogP contribution in [0.25, 0.3) is 11.2 Å². The van der Waals surface area contributed by atoms with Crippen molar-refractivity contribution in [1.29, 1.82) is 0 Å². The molecule has 2 aliphatic heterocycles. The van der Waals surface area contributed by atoms with Crippen molar-refractivity contribution in [2.24, 2.45) is 0 Å². The van der Waals surface area contributed by atoms with Crippen molar-refractivity contribution in [3.8, 4) is 0 Å². The lowest BCUT2D eigenvalue weighted by atomic mass is 9.93. The Kier molecular flexibility index (Phi) is 2.13. The molecule has 3 fully saturated rings. The predicted molar refractivity (Wildman–Crippen MR) is 77.2 cm³/mol. The number of nitrogens with zero attached hydrogens (tertiary/aromatic N) is 3. The molecule has 5 N–H and O–H groups in total. The van der Waals surface area contributed by atoms with Gasteiger partial charge in [-0.15, -0.1) is 11.8 Å². The molecule has 2 saturated heterocycles. The number of ether oxygens (including phenoxy) is 1. The lowest BCUT2D eigenvalue weighted by Crippen LogP contribution is -2.53. The summed E-state index contributed by atoms with van der Waals surface area (Å²) in [5.74, 6) is 0.876. The molecule has 2 aromatic rings. The highest BCUT2D eigenvalue weighted by atomic mass is 32.2. The summed E-state index contributed by atoms with van der Waals surface area (Å²) in [6.45, 7) is 0. The number of nitrogens with one attached hydrogen (secondary N) is 1. The molecular formula is C12H13N5O4S. The number of aromatic amines is 1. The second kappa shape index (κ2) is 3.65. The second-order valence-electron chi connectivity index (χ2n) is 5.94. The Bertz CT molecular complexity index is 861. The van der Waals surface area contributed by atoms with E-state index in [4.69, 9.17) is 10.5 Å². The molecule has 2 aromatic heterocycles. The molecule has 1 aliphatic carbocycles. The zero-order chi connectivity index (χ0) is 15.3. The lowest BCUT2D eigenvalue weighted by Gasteiger charge is -2.46. The van der Waals surface area contributed by atoms with E-state index in [0.29, 0.717) is 12.1 Å². The van der Waals surface area contributed by atoms with Crippen LogP contribution in [0, 0.1) is 0 Å². The van der Waals surface area contributed by atoms with E-state index in [1.54, 1.807) is 16.3 Å². The topological polar surface area (TPSA) is 139 Å². The largest absolute Gasteiger partial charge is 0.387 e. The van der Waals surface area contributed by atoms with E-state index < -0.39 is 34.3 Å². The Morgan fingerprint density at radius 1 is 1.59 bits per heavy atom. The summed E-state index contributed by atoms with van der Waals surface area (Å²) in [7, 11) is 0. The third-order valence-electron chi connectivity index (χ3n) is 4.95. The fraction of sp³-hybridized carbons (Fsp3) is 0.583. The van der Waals surface area contributed by atoms with Gasteiger partial charge in [0.2, 0.25) is 5.95 Å². The number of aliphatic hydroxyl groups excluding tert-OH is 1. The molecule has 1 saturated carbocycles. The van der Waals surface area contributed by atoms with Gasteiger partial charge in [-0.25, -0.2) is 4.98 Å². The molecular weight excluding hydrogens is 310 g/mol. The maximum atomic E-state index is 11.9. The lowest BCUT2D eigenvalue weighted by molar-refractivity contribution is -0.0393. The Labute approximate surface area is 127 Å². The molecule has 1 unspecified atom stereocenters. The molecule has 9 nitrogen and oxygen atoms in total. The number of anilines is 1. The summed E-state index contributed by atoms with van der Waals surface area (Å²) in [6.07, 6.45) is 0.168. The van der Waals surface area contributed by atoms with E-state index in [1.807, 2.05) is 0 Å². The van der Waals surface area contributed by atoms with Gasteiger partial charge in [-0.1, -0.05) is 0 Å². The van der Waals surface area contributed by atoms with Crippen molar-refractivity contribution in [2.45, 2.75) is 35.2 Å². The van der Waals surface area contributed by atoms with Crippen molar-refractivity contribution in [2.75, 3.05) is 11.5 Å². The molecule has 1 spiro atoms. The van der Waals surface area contributed by atoms with Crippen LogP contribution in [0.1, 0.15) is 12.6 Å². The van der Waals surface area contributed by atoms with Crippen molar-refractivity contribution in [3.63, 3.8) is 0 Å². The van der Waals surface area contributed by atoms with Gasteiger partial charge in [0.1, 0.15) is 17.8 Å². The van der Waals surface area contributed by atoms with E-state index >= 15 is 0 Å². The highest BCUT2D eigenvalue weighted by molar-refractivity contribution is 8.02. The first-order valence-electron chi connectivity index (χ1n) is 6.91. The van der Waals surface area contributed by atoms with Crippen LogP contribution >= 0.6 is 11.8 Å². The normalized spacial score (nSPS) is 42.5. The monoisotopic (exact) mass is 323 g/mol. The summed E-state index contributed by atoms with van der Waals surface area (Å²) >= 11 is 1.56. The maximum absolute atomic E-state index is 11.9. The number of imidazole rings is 1. The average Bonchev–Trinajstić information content (AvgIpc) is 2.80. The Hall–Kier alpha value is -1.62. The van der Waals surface area contributed by atoms with E-state index in [1.165, 1.54) is 6.33 Å². The number of rotatable bonds is 1. The number of aliphatic hydroxyl groups is 2. The summed E-state index contributed by atoms with van der Waals surface area (Å²) in [5, 5.41) is 20.6.